The van der Waals surface area contributed by atoms with Gasteiger partial charge in [0.1, 0.15) is 5.92 Å². The molecule has 0 aromatic carbocycles. The zero-order valence-electron chi connectivity index (χ0n) is 7.92. The lowest BCUT2D eigenvalue weighted by Gasteiger charge is -2.09. The van der Waals surface area contributed by atoms with E-state index < -0.39 is 5.92 Å². The summed E-state index contributed by atoms with van der Waals surface area (Å²) in [6.45, 7) is 6.53. The number of nitriles is 1. The van der Waals surface area contributed by atoms with Crippen LogP contribution in [0.1, 0.15) is 27.2 Å². The Morgan fingerprint density at radius 3 is 2.50 bits per heavy atom. The molecule has 0 saturated carbocycles. The highest BCUT2D eigenvalue weighted by Gasteiger charge is 2.14. The first-order chi connectivity index (χ1) is 5.61. The van der Waals surface area contributed by atoms with Gasteiger partial charge in [-0.05, 0) is 12.3 Å². The Morgan fingerprint density at radius 2 is 2.17 bits per heavy atom. The molecule has 0 radical (unpaired) electrons. The molecule has 1 amide bonds. The van der Waals surface area contributed by atoms with Crippen LogP contribution < -0.4 is 5.32 Å². The van der Waals surface area contributed by atoms with Gasteiger partial charge in [-0.2, -0.15) is 5.26 Å². The lowest BCUT2D eigenvalue weighted by Crippen LogP contribution is -2.32. The Labute approximate surface area is 73.8 Å². The number of nitrogens with zero attached hydrogens (tertiary/aromatic N) is 1. The van der Waals surface area contributed by atoms with E-state index >= 15 is 0 Å². The number of carbonyl (C=O) groups excluding carboxylic acids is 1. The summed E-state index contributed by atoms with van der Waals surface area (Å²) in [5.41, 5.74) is 0. The van der Waals surface area contributed by atoms with Crippen LogP contribution in [0.25, 0.3) is 0 Å². The van der Waals surface area contributed by atoms with Gasteiger partial charge < -0.3 is 5.32 Å². The number of hydrogen-bond acceptors (Lipinski definition) is 2. The fourth-order valence-corrected chi connectivity index (χ4v) is 0.763. The largest absolute Gasteiger partial charge is 0.355 e. The zero-order chi connectivity index (χ0) is 9.56. The van der Waals surface area contributed by atoms with Gasteiger partial charge in [0.15, 0.2) is 0 Å². The summed E-state index contributed by atoms with van der Waals surface area (Å²) >= 11 is 0. The topological polar surface area (TPSA) is 52.9 Å². The first-order valence-electron chi connectivity index (χ1n) is 4.29. The fourth-order valence-electron chi connectivity index (χ4n) is 0.763. The smallest absolute Gasteiger partial charge is 0.237 e. The Bertz CT molecular complexity index is 181. The average molecular weight is 168 g/mol. The van der Waals surface area contributed by atoms with Gasteiger partial charge in [0.05, 0.1) is 6.07 Å². The van der Waals surface area contributed by atoms with E-state index in [4.69, 9.17) is 5.26 Å². The van der Waals surface area contributed by atoms with E-state index in [0.717, 1.165) is 0 Å². The number of hydrogen-bond donors (Lipinski definition) is 1. The minimum Gasteiger partial charge on any atom is -0.355 e. The molecule has 0 saturated heterocycles. The van der Waals surface area contributed by atoms with Crippen molar-refractivity contribution in [2.24, 2.45) is 11.8 Å². The van der Waals surface area contributed by atoms with Crippen molar-refractivity contribution >= 4 is 5.91 Å². The van der Waals surface area contributed by atoms with Gasteiger partial charge in [-0.3, -0.25) is 4.79 Å². The summed E-state index contributed by atoms with van der Waals surface area (Å²) in [7, 11) is 0. The molecule has 0 aromatic rings. The third kappa shape index (κ3) is 3.97. The average Bonchev–Trinajstić information content (AvgIpc) is 2.03. The summed E-state index contributed by atoms with van der Waals surface area (Å²) in [5, 5.41) is 11.3. The highest BCUT2D eigenvalue weighted by molar-refractivity contribution is 5.80. The number of rotatable bonds is 4. The summed E-state index contributed by atoms with van der Waals surface area (Å²) in [6, 6.07) is 1.96. The standard InChI is InChI=1S/C9H16N2O/c1-4-8(5-10)9(12)11-6-7(2)3/h7-8H,4,6H2,1-3H3,(H,11,12). The Morgan fingerprint density at radius 1 is 1.58 bits per heavy atom. The third-order valence-corrected chi connectivity index (χ3v) is 1.57. The van der Waals surface area contributed by atoms with Gasteiger partial charge in [-0.15, -0.1) is 0 Å². The Hall–Kier alpha value is -1.04. The predicted octanol–water partition coefficient (Wildman–Crippen LogP) is 1.31. The molecule has 68 valence electrons. The van der Waals surface area contributed by atoms with E-state index in [9.17, 15) is 4.79 Å². The second-order valence-corrected chi connectivity index (χ2v) is 3.23. The van der Waals surface area contributed by atoms with Crippen LogP contribution in [0.2, 0.25) is 0 Å². The maximum Gasteiger partial charge on any atom is 0.237 e. The maximum atomic E-state index is 11.2. The van der Waals surface area contributed by atoms with Crippen LogP contribution in [-0.4, -0.2) is 12.5 Å². The third-order valence-electron chi connectivity index (χ3n) is 1.57. The molecular formula is C9H16N2O. The van der Waals surface area contributed by atoms with Gasteiger partial charge in [0, 0.05) is 6.54 Å². The van der Waals surface area contributed by atoms with Crippen molar-refractivity contribution in [1.29, 1.82) is 5.26 Å². The van der Waals surface area contributed by atoms with Crippen LogP contribution in [0.5, 0.6) is 0 Å². The lowest BCUT2D eigenvalue weighted by atomic mass is 10.1. The zero-order valence-corrected chi connectivity index (χ0v) is 7.92. The molecule has 3 heteroatoms. The maximum absolute atomic E-state index is 11.2. The van der Waals surface area contributed by atoms with Crippen LogP contribution in [0.3, 0.4) is 0 Å². The molecule has 0 bridgehead atoms. The van der Waals surface area contributed by atoms with Crippen molar-refractivity contribution in [2.45, 2.75) is 27.2 Å². The summed E-state index contributed by atoms with van der Waals surface area (Å²) < 4.78 is 0. The van der Waals surface area contributed by atoms with E-state index in [2.05, 4.69) is 5.32 Å². The van der Waals surface area contributed by atoms with Crippen molar-refractivity contribution < 1.29 is 4.79 Å². The molecule has 0 spiro atoms. The number of nitrogens with one attached hydrogen (secondary N) is 1. The van der Waals surface area contributed by atoms with Gasteiger partial charge >= 0.3 is 0 Å². The Kier molecular flexibility index (Phi) is 5.11. The monoisotopic (exact) mass is 168 g/mol. The summed E-state index contributed by atoms with van der Waals surface area (Å²) in [6.07, 6.45) is 0.584. The van der Waals surface area contributed by atoms with E-state index in [1.807, 2.05) is 26.8 Å². The molecule has 1 atom stereocenters. The second kappa shape index (κ2) is 5.59. The minimum absolute atomic E-state index is 0.145. The quantitative estimate of drug-likeness (QED) is 0.688. The molecule has 1 N–H and O–H groups in total. The first-order valence-corrected chi connectivity index (χ1v) is 4.29. The number of carbonyl (C=O) groups is 1. The van der Waals surface area contributed by atoms with Crippen LogP contribution in [0, 0.1) is 23.2 Å². The molecule has 0 aliphatic heterocycles. The second-order valence-electron chi connectivity index (χ2n) is 3.23. The molecular weight excluding hydrogens is 152 g/mol. The Balaban J connectivity index is 3.79. The van der Waals surface area contributed by atoms with Crippen LogP contribution in [0.15, 0.2) is 0 Å². The number of amides is 1. The van der Waals surface area contributed by atoms with Crippen molar-refractivity contribution in [2.75, 3.05) is 6.54 Å². The van der Waals surface area contributed by atoms with E-state index in [-0.39, 0.29) is 5.91 Å². The molecule has 0 aliphatic rings. The van der Waals surface area contributed by atoms with E-state index in [1.54, 1.807) is 0 Å². The van der Waals surface area contributed by atoms with Gasteiger partial charge in [0.25, 0.3) is 0 Å². The van der Waals surface area contributed by atoms with E-state index in [0.29, 0.717) is 18.9 Å². The normalized spacial score (nSPS) is 12.2. The molecule has 0 aromatic heterocycles. The van der Waals surface area contributed by atoms with Gasteiger partial charge in [-0.25, -0.2) is 0 Å². The highest BCUT2D eigenvalue weighted by Crippen LogP contribution is 2.00. The van der Waals surface area contributed by atoms with Crippen molar-refractivity contribution in [3.05, 3.63) is 0 Å². The molecule has 0 heterocycles. The van der Waals surface area contributed by atoms with Gasteiger partial charge in [0.2, 0.25) is 5.91 Å². The minimum atomic E-state index is -0.483. The predicted molar refractivity (Wildman–Crippen MR) is 47.2 cm³/mol. The van der Waals surface area contributed by atoms with E-state index in [1.165, 1.54) is 0 Å². The van der Waals surface area contributed by atoms with Crippen LogP contribution in [0.4, 0.5) is 0 Å². The summed E-state index contributed by atoms with van der Waals surface area (Å²) in [5.74, 6) is -0.192. The van der Waals surface area contributed by atoms with Crippen molar-refractivity contribution in [1.82, 2.24) is 5.32 Å². The molecule has 0 fully saturated rings. The molecule has 0 aliphatic carbocycles. The van der Waals surface area contributed by atoms with Crippen molar-refractivity contribution in [3.8, 4) is 6.07 Å². The summed E-state index contributed by atoms with van der Waals surface area (Å²) in [4.78, 5) is 11.2. The van der Waals surface area contributed by atoms with Crippen LogP contribution in [-0.2, 0) is 4.79 Å². The highest BCUT2D eigenvalue weighted by atomic mass is 16.1. The van der Waals surface area contributed by atoms with Crippen LogP contribution >= 0.6 is 0 Å². The first kappa shape index (κ1) is 11.0. The fraction of sp³-hybridized carbons (Fsp3) is 0.778. The molecule has 12 heavy (non-hydrogen) atoms. The lowest BCUT2D eigenvalue weighted by molar-refractivity contribution is -0.123. The SMILES string of the molecule is CCC(C#N)C(=O)NCC(C)C. The van der Waals surface area contributed by atoms with Gasteiger partial charge in [-0.1, -0.05) is 20.8 Å². The molecule has 1 unspecified atom stereocenters. The van der Waals surface area contributed by atoms with Crippen molar-refractivity contribution in [3.63, 3.8) is 0 Å². The molecule has 3 nitrogen and oxygen atoms in total. The molecule has 0 rings (SSSR count).